The molecule has 2 unspecified atom stereocenters. The van der Waals surface area contributed by atoms with Crippen molar-refractivity contribution in [1.82, 2.24) is 4.98 Å². The molecule has 0 spiro atoms. The molecule has 20 heavy (non-hydrogen) atoms. The Bertz CT molecular complexity index is 478. The molecule has 0 radical (unpaired) electrons. The van der Waals surface area contributed by atoms with Crippen molar-refractivity contribution in [3.05, 3.63) is 23.9 Å². The number of carbonyl (C=O) groups excluding carboxylic acids is 1. The van der Waals surface area contributed by atoms with Crippen molar-refractivity contribution in [3.8, 4) is 0 Å². The van der Waals surface area contributed by atoms with E-state index in [-0.39, 0.29) is 18.1 Å². The summed E-state index contributed by atoms with van der Waals surface area (Å²) in [6, 6.07) is 3.29. The number of rotatable bonds is 4. The molecule has 1 saturated carbocycles. The first-order valence-corrected chi connectivity index (χ1v) is 7.02. The predicted octanol–water partition coefficient (Wildman–Crippen LogP) is 2.22. The van der Waals surface area contributed by atoms with Crippen molar-refractivity contribution < 1.29 is 14.6 Å². The quantitative estimate of drug-likeness (QED) is 0.826. The lowest BCUT2D eigenvalue weighted by Gasteiger charge is -2.39. The Kier molecular flexibility index (Phi) is 4.60. The average molecular weight is 278 g/mol. The summed E-state index contributed by atoms with van der Waals surface area (Å²) in [6.45, 7) is 2.27. The Labute approximate surface area is 119 Å². The lowest BCUT2D eigenvalue weighted by atomic mass is 9.77. The first-order chi connectivity index (χ1) is 9.58. The Hall–Kier alpha value is -1.62. The highest BCUT2D eigenvalue weighted by molar-refractivity contribution is 5.90. The largest absolute Gasteiger partial charge is 0.465 e. The van der Waals surface area contributed by atoms with Crippen LogP contribution in [0.2, 0.25) is 0 Å². The van der Waals surface area contributed by atoms with Gasteiger partial charge in [0, 0.05) is 6.20 Å². The number of hydrogen-bond donors (Lipinski definition) is 2. The first kappa shape index (κ1) is 14.8. The Morgan fingerprint density at radius 1 is 1.65 bits per heavy atom. The van der Waals surface area contributed by atoms with E-state index in [1.54, 1.807) is 18.3 Å². The standard InChI is InChI=1S/C15H22N2O3/c1-11-4-3-6-15(9-11,10-18)17-13-8-12(5-7-16-13)14(19)20-2/h5,7-8,11,18H,3-4,6,9-10H2,1-2H3,(H,16,17). The molecular formula is C15H22N2O3. The van der Waals surface area contributed by atoms with Crippen LogP contribution >= 0.6 is 0 Å². The third kappa shape index (κ3) is 3.28. The number of pyridine rings is 1. The van der Waals surface area contributed by atoms with Gasteiger partial charge in [-0.3, -0.25) is 0 Å². The Balaban J connectivity index is 2.17. The van der Waals surface area contributed by atoms with Crippen LogP contribution in [0, 0.1) is 5.92 Å². The van der Waals surface area contributed by atoms with Crippen LogP contribution in [-0.4, -0.2) is 35.3 Å². The van der Waals surface area contributed by atoms with Crippen molar-refractivity contribution in [1.29, 1.82) is 0 Å². The van der Waals surface area contributed by atoms with Gasteiger partial charge in [-0.05, 0) is 30.9 Å². The molecule has 0 saturated heterocycles. The molecule has 0 amide bonds. The third-order valence-corrected chi connectivity index (χ3v) is 3.97. The van der Waals surface area contributed by atoms with Crippen molar-refractivity contribution in [3.63, 3.8) is 0 Å². The van der Waals surface area contributed by atoms with Crippen LogP contribution in [0.3, 0.4) is 0 Å². The van der Waals surface area contributed by atoms with E-state index in [9.17, 15) is 9.90 Å². The Morgan fingerprint density at radius 2 is 2.45 bits per heavy atom. The minimum absolute atomic E-state index is 0.0709. The number of aliphatic hydroxyl groups excluding tert-OH is 1. The fourth-order valence-electron chi connectivity index (χ4n) is 2.97. The van der Waals surface area contributed by atoms with Crippen molar-refractivity contribution in [2.45, 2.75) is 38.1 Å². The topological polar surface area (TPSA) is 71.5 Å². The normalized spacial score (nSPS) is 26.1. The van der Waals surface area contributed by atoms with Crippen LogP contribution in [-0.2, 0) is 4.74 Å². The minimum Gasteiger partial charge on any atom is -0.465 e. The van der Waals surface area contributed by atoms with Gasteiger partial charge >= 0.3 is 5.97 Å². The van der Waals surface area contributed by atoms with Crippen LogP contribution < -0.4 is 5.32 Å². The first-order valence-electron chi connectivity index (χ1n) is 7.02. The van der Waals surface area contributed by atoms with Gasteiger partial charge in [-0.2, -0.15) is 0 Å². The summed E-state index contributed by atoms with van der Waals surface area (Å²) in [7, 11) is 1.36. The van der Waals surface area contributed by atoms with Gasteiger partial charge in [0.15, 0.2) is 0 Å². The summed E-state index contributed by atoms with van der Waals surface area (Å²) in [6.07, 6.45) is 5.68. The molecule has 0 bridgehead atoms. The summed E-state index contributed by atoms with van der Waals surface area (Å²) < 4.78 is 4.71. The fourth-order valence-corrected chi connectivity index (χ4v) is 2.97. The lowest BCUT2D eigenvalue weighted by Crippen LogP contribution is -2.46. The molecule has 1 aromatic heterocycles. The maximum Gasteiger partial charge on any atom is 0.338 e. The smallest absolute Gasteiger partial charge is 0.338 e. The molecule has 1 aromatic rings. The number of hydrogen-bond acceptors (Lipinski definition) is 5. The molecule has 1 aliphatic rings. The van der Waals surface area contributed by atoms with E-state index in [0.29, 0.717) is 17.3 Å². The molecule has 110 valence electrons. The highest BCUT2D eigenvalue weighted by Crippen LogP contribution is 2.34. The lowest BCUT2D eigenvalue weighted by molar-refractivity contribution is 0.0600. The van der Waals surface area contributed by atoms with Crippen LogP contribution in [0.5, 0.6) is 0 Å². The molecule has 2 N–H and O–H groups in total. The number of methoxy groups -OCH3 is 1. The molecule has 1 heterocycles. The number of esters is 1. The number of anilines is 1. The van der Waals surface area contributed by atoms with Crippen LogP contribution in [0.25, 0.3) is 0 Å². The molecule has 1 aliphatic carbocycles. The highest BCUT2D eigenvalue weighted by atomic mass is 16.5. The fraction of sp³-hybridized carbons (Fsp3) is 0.600. The molecule has 2 atom stereocenters. The average Bonchev–Trinajstić information content (AvgIpc) is 2.46. The van der Waals surface area contributed by atoms with E-state index in [2.05, 4.69) is 17.2 Å². The van der Waals surface area contributed by atoms with Gasteiger partial charge in [0.25, 0.3) is 0 Å². The van der Waals surface area contributed by atoms with E-state index in [0.717, 1.165) is 19.3 Å². The molecule has 2 rings (SSSR count). The maximum absolute atomic E-state index is 11.5. The van der Waals surface area contributed by atoms with Crippen molar-refractivity contribution in [2.24, 2.45) is 5.92 Å². The van der Waals surface area contributed by atoms with Gasteiger partial charge in [-0.25, -0.2) is 9.78 Å². The van der Waals surface area contributed by atoms with Crippen LogP contribution in [0.1, 0.15) is 43.0 Å². The second-order valence-corrected chi connectivity index (χ2v) is 5.69. The van der Waals surface area contributed by atoms with Gasteiger partial charge in [-0.15, -0.1) is 0 Å². The van der Waals surface area contributed by atoms with Crippen molar-refractivity contribution in [2.75, 3.05) is 19.0 Å². The van der Waals surface area contributed by atoms with Gasteiger partial charge in [0.05, 0.1) is 24.8 Å². The van der Waals surface area contributed by atoms with Gasteiger partial charge < -0.3 is 15.2 Å². The van der Waals surface area contributed by atoms with E-state index < -0.39 is 0 Å². The zero-order chi connectivity index (χ0) is 14.6. The summed E-state index contributed by atoms with van der Waals surface area (Å²) in [5.74, 6) is 0.800. The number of nitrogens with zero attached hydrogens (tertiary/aromatic N) is 1. The summed E-state index contributed by atoms with van der Waals surface area (Å²) in [4.78, 5) is 15.8. The summed E-state index contributed by atoms with van der Waals surface area (Å²) in [5.41, 5.74) is 0.126. The van der Waals surface area contributed by atoms with E-state index >= 15 is 0 Å². The predicted molar refractivity (Wildman–Crippen MR) is 76.6 cm³/mol. The second kappa shape index (κ2) is 6.22. The summed E-state index contributed by atoms with van der Waals surface area (Å²) >= 11 is 0. The second-order valence-electron chi connectivity index (χ2n) is 5.69. The number of nitrogens with one attached hydrogen (secondary N) is 1. The van der Waals surface area contributed by atoms with E-state index in [1.165, 1.54) is 13.5 Å². The van der Waals surface area contributed by atoms with Crippen LogP contribution in [0.4, 0.5) is 5.82 Å². The molecular weight excluding hydrogens is 256 g/mol. The molecule has 5 heteroatoms. The minimum atomic E-state index is -0.384. The van der Waals surface area contributed by atoms with Gasteiger partial charge in [0.2, 0.25) is 0 Å². The molecule has 1 fully saturated rings. The van der Waals surface area contributed by atoms with Gasteiger partial charge in [0.1, 0.15) is 5.82 Å². The maximum atomic E-state index is 11.5. The summed E-state index contributed by atoms with van der Waals surface area (Å²) in [5, 5.41) is 13.1. The molecule has 0 aliphatic heterocycles. The number of aromatic nitrogens is 1. The van der Waals surface area contributed by atoms with Crippen molar-refractivity contribution >= 4 is 11.8 Å². The van der Waals surface area contributed by atoms with E-state index in [4.69, 9.17) is 4.74 Å². The zero-order valence-electron chi connectivity index (χ0n) is 12.1. The number of ether oxygens (including phenoxy) is 1. The van der Waals surface area contributed by atoms with Crippen LogP contribution in [0.15, 0.2) is 18.3 Å². The monoisotopic (exact) mass is 278 g/mol. The zero-order valence-corrected chi connectivity index (χ0v) is 12.1. The molecule has 5 nitrogen and oxygen atoms in total. The third-order valence-electron chi connectivity index (χ3n) is 3.97. The molecule has 0 aromatic carbocycles. The number of aliphatic hydroxyl groups is 1. The highest BCUT2D eigenvalue weighted by Gasteiger charge is 2.34. The van der Waals surface area contributed by atoms with Gasteiger partial charge in [-0.1, -0.05) is 19.8 Å². The SMILES string of the molecule is COC(=O)c1ccnc(NC2(CO)CCCC(C)C2)c1. The Morgan fingerprint density at radius 3 is 3.10 bits per heavy atom. The van der Waals surface area contributed by atoms with E-state index in [1.807, 2.05) is 0 Å². The number of carbonyl (C=O) groups is 1.